The van der Waals surface area contributed by atoms with E-state index in [4.69, 9.17) is 14.2 Å². The molecule has 168 valence electrons. The highest BCUT2D eigenvalue weighted by Gasteiger charge is 2.38. The Morgan fingerprint density at radius 1 is 1.12 bits per heavy atom. The van der Waals surface area contributed by atoms with Crippen LogP contribution in [-0.4, -0.2) is 45.8 Å². The second-order valence-corrected chi connectivity index (χ2v) is 8.93. The van der Waals surface area contributed by atoms with Gasteiger partial charge in [0.05, 0.1) is 5.69 Å². The summed E-state index contributed by atoms with van der Waals surface area (Å²) in [6.07, 6.45) is 5.14. The highest BCUT2D eigenvalue weighted by molar-refractivity contribution is 7.10. The van der Waals surface area contributed by atoms with Gasteiger partial charge < -0.3 is 14.6 Å². The predicted molar refractivity (Wildman–Crippen MR) is 124 cm³/mol. The summed E-state index contributed by atoms with van der Waals surface area (Å²) in [4.78, 5) is 26.3. The van der Waals surface area contributed by atoms with E-state index in [1.165, 1.54) is 0 Å². The van der Waals surface area contributed by atoms with Gasteiger partial charge in [-0.25, -0.2) is 4.98 Å². The Hall–Kier alpha value is -3.43. The number of benzene rings is 1. The van der Waals surface area contributed by atoms with Crippen molar-refractivity contribution in [3.8, 4) is 22.6 Å². The maximum absolute atomic E-state index is 13.0. The van der Waals surface area contributed by atoms with E-state index in [2.05, 4.69) is 25.8 Å². The van der Waals surface area contributed by atoms with Crippen molar-refractivity contribution in [1.82, 2.24) is 25.4 Å². The lowest BCUT2D eigenvalue weighted by molar-refractivity contribution is 0.0486. The van der Waals surface area contributed by atoms with Gasteiger partial charge in [-0.3, -0.25) is 9.78 Å². The monoisotopic (exact) mass is 461 g/mol. The van der Waals surface area contributed by atoms with Gasteiger partial charge in [-0.05, 0) is 37.1 Å². The first-order chi connectivity index (χ1) is 16.1. The number of nitrogens with zero attached hydrogens (tertiary/aromatic N) is 4. The molecule has 1 aromatic carbocycles. The van der Waals surface area contributed by atoms with E-state index in [9.17, 15) is 4.79 Å². The van der Waals surface area contributed by atoms with Crippen molar-refractivity contribution in [2.24, 2.45) is 0 Å². The zero-order valence-electron chi connectivity index (χ0n) is 18.2. The molecule has 0 atom stereocenters. The fourth-order valence-electron chi connectivity index (χ4n) is 3.97. The summed E-state index contributed by atoms with van der Waals surface area (Å²) in [7, 11) is 0. The van der Waals surface area contributed by atoms with Gasteiger partial charge in [0, 0.05) is 66.6 Å². The number of pyridine rings is 1. The molecule has 4 heterocycles. The molecule has 1 amide bonds. The lowest BCUT2D eigenvalue weighted by Gasteiger charge is -2.35. The first-order valence-corrected chi connectivity index (χ1v) is 11.6. The van der Waals surface area contributed by atoms with Crippen LogP contribution in [-0.2, 0) is 10.2 Å². The molecule has 0 bridgehead atoms. The van der Waals surface area contributed by atoms with Gasteiger partial charge in [0.1, 0.15) is 5.01 Å². The molecule has 9 heteroatoms. The molecule has 0 radical (unpaired) electrons. The van der Waals surface area contributed by atoms with Gasteiger partial charge in [0.15, 0.2) is 0 Å². The number of amides is 1. The third-order valence-electron chi connectivity index (χ3n) is 5.88. The smallest absolute Gasteiger partial charge is 0.251 e. The van der Waals surface area contributed by atoms with E-state index < -0.39 is 0 Å². The van der Waals surface area contributed by atoms with Crippen molar-refractivity contribution in [2.45, 2.75) is 25.2 Å². The number of rotatable bonds is 6. The number of ether oxygens (including phenoxy) is 1. The van der Waals surface area contributed by atoms with E-state index in [-0.39, 0.29) is 11.3 Å². The minimum atomic E-state index is -0.258. The molecule has 0 unspecified atom stereocenters. The summed E-state index contributed by atoms with van der Waals surface area (Å²) in [5.74, 6) is 0.805. The zero-order chi connectivity index (χ0) is 22.7. The summed E-state index contributed by atoms with van der Waals surface area (Å²) in [6.45, 7) is 3.52. The molecule has 4 aromatic rings. The standard InChI is InChI=1S/C24H23N5O3S/c1-16-27-21(29-32-16)18-3-2-4-19(13-18)22(30)26-15-24(7-11-31-12-8-24)23-28-20(14-33-23)17-5-9-25-10-6-17/h2-6,9-10,13-14H,7-8,11-12,15H2,1H3,(H,26,30). The van der Waals surface area contributed by atoms with Crippen LogP contribution in [0.5, 0.6) is 0 Å². The molecule has 0 aliphatic carbocycles. The van der Waals surface area contributed by atoms with Gasteiger partial charge in [0.25, 0.3) is 5.91 Å². The Bertz CT molecular complexity index is 1250. The van der Waals surface area contributed by atoms with Gasteiger partial charge >= 0.3 is 0 Å². The fraction of sp³-hybridized carbons (Fsp3) is 0.292. The highest BCUT2D eigenvalue weighted by atomic mass is 32.1. The van der Waals surface area contributed by atoms with Crippen LogP contribution in [0, 0.1) is 6.92 Å². The van der Waals surface area contributed by atoms with E-state index in [0.717, 1.165) is 34.7 Å². The molecule has 5 rings (SSSR count). The Labute approximate surface area is 195 Å². The number of hydrogen-bond acceptors (Lipinski definition) is 8. The molecule has 0 spiro atoms. The Morgan fingerprint density at radius 2 is 1.94 bits per heavy atom. The molecule has 1 fully saturated rings. The normalized spacial score (nSPS) is 15.3. The molecular formula is C24H23N5O3S. The second kappa shape index (κ2) is 9.21. The number of aromatic nitrogens is 4. The average Bonchev–Trinajstić information content (AvgIpc) is 3.54. The van der Waals surface area contributed by atoms with Crippen LogP contribution < -0.4 is 5.32 Å². The average molecular weight is 462 g/mol. The van der Waals surface area contributed by atoms with E-state index in [1.807, 2.05) is 24.3 Å². The van der Waals surface area contributed by atoms with Crippen LogP contribution in [0.15, 0.2) is 58.7 Å². The lowest BCUT2D eigenvalue weighted by atomic mass is 9.80. The third kappa shape index (κ3) is 4.55. The summed E-state index contributed by atoms with van der Waals surface area (Å²) in [5, 5.41) is 10.2. The van der Waals surface area contributed by atoms with E-state index >= 15 is 0 Å². The second-order valence-electron chi connectivity index (χ2n) is 8.07. The number of aryl methyl sites for hydroxylation is 1. The van der Waals surface area contributed by atoms with Crippen LogP contribution in [0.1, 0.15) is 34.1 Å². The SMILES string of the molecule is Cc1nc(-c2cccc(C(=O)NCC3(c4nc(-c5ccncc5)cs4)CCOCC3)c2)no1. The number of nitrogens with one attached hydrogen (secondary N) is 1. The van der Waals surface area contributed by atoms with Crippen molar-refractivity contribution in [2.75, 3.05) is 19.8 Å². The first-order valence-electron chi connectivity index (χ1n) is 10.8. The molecule has 0 saturated carbocycles. The van der Waals surface area contributed by atoms with Gasteiger partial charge in [-0.1, -0.05) is 17.3 Å². The molecule has 1 saturated heterocycles. The molecule has 1 aliphatic heterocycles. The van der Waals surface area contributed by atoms with Gasteiger partial charge in [0.2, 0.25) is 11.7 Å². The molecular weight excluding hydrogens is 438 g/mol. The van der Waals surface area contributed by atoms with Gasteiger partial charge in [-0.2, -0.15) is 4.98 Å². The van der Waals surface area contributed by atoms with Gasteiger partial charge in [-0.15, -0.1) is 11.3 Å². The predicted octanol–water partition coefficient (Wildman–Crippen LogP) is 4.04. The Kier molecular flexibility index (Phi) is 5.97. The van der Waals surface area contributed by atoms with Crippen molar-refractivity contribution >= 4 is 17.2 Å². The Balaban J connectivity index is 1.35. The zero-order valence-corrected chi connectivity index (χ0v) is 19.0. The maximum atomic E-state index is 13.0. The molecule has 8 nitrogen and oxygen atoms in total. The summed E-state index contributed by atoms with van der Waals surface area (Å²) >= 11 is 1.63. The lowest BCUT2D eigenvalue weighted by Crippen LogP contribution is -2.44. The number of thiazole rings is 1. The fourth-order valence-corrected chi connectivity index (χ4v) is 5.06. The summed E-state index contributed by atoms with van der Waals surface area (Å²) in [6, 6.07) is 11.2. The summed E-state index contributed by atoms with van der Waals surface area (Å²) < 4.78 is 10.7. The summed E-state index contributed by atoms with van der Waals surface area (Å²) in [5.41, 5.74) is 2.99. The molecule has 3 aromatic heterocycles. The van der Waals surface area contributed by atoms with Crippen LogP contribution in [0.25, 0.3) is 22.6 Å². The first kappa shape index (κ1) is 21.4. The van der Waals surface area contributed by atoms with Crippen LogP contribution in [0.3, 0.4) is 0 Å². The number of carbonyl (C=O) groups excluding carboxylic acids is 1. The van der Waals surface area contributed by atoms with E-state index in [0.29, 0.717) is 37.0 Å². The minimum absolute atomic E-state index is 0.145. The quantitative estimate of drug-likeness (QED) is 0.462. The van der Waals surface area contributed by atoms with Crippen LogP contribution in [0.2, 0.25) is 0 Å². The molecule has 33 heavy (non-hydrogen) atoms. The number of carbonyl (C=O) groups is 1. The van der Waals surface area contributed by atoms with Crippen LogP contribution >= 0.6 is 11.3 Å². The third-order valence-corrected chi connectivity index (χ3v) is 6.97. The van der Waals surface area contributed by atoms with Crippen molar-refractivity contribution in [1.29, 1.82) is 0 Å². The Morgan fingerprint density at radius 3 is 2.70 bits per heavy atom. The van der Waals surface area contributed by atoms with Crippen molar-refractivity contribution < 1.29 is 14.1 Å². The van der Waals surface area contributed by atoms with Crippen molar-refractivity contribution in [3.05, 3.63) is 70.6 Å². The minimum Gasteiger partial charge on any atom is -0.381 e. The number of hydrogen-bond donors (Lipinski definition) is 1. The topological polar surface area (TPSA) is 103 Å². The maximum Gasteiger partial charge on any atom is 0.251 e. The van der Waals surface area contributed by atoms with E-state index in [1.54, 1.807) is 42.8 Å². The molecule has 1 aliphatic rings. The highest BCUT2D eigenvalue weighted by Crippen LogP contribution is 2.38. The van der Waals surface area contributed by atoms with Crippen LogP contribution in [0.4, 0.5) is 0 Å². The van der Waals surface area contributed by atoms with Crippen molar-refractivity contribution in [3.63, 3.8) is 0 Å². The largest absolute Gasteiger partial charge is 0.381 e. The molecule has 1 N–H and O–H groups in total.